The first-order chi connectivity index (χ1) is 20.8. The topological polar surface area (TPSA) is 87.6 Å². The molecule has 0 saturated heterocycles. The Labute approximate surface area is 253 Å². The highest BCUT2D eigenvalue weighted by atomic mass is 16.2. The molecule has 1 spiro atoms. The Hall–Kier alpha value is -4.06. The van der Waals surface area contributed by atoms with Gasteiger partial charge in [-0.3, -0.25) is 19.4 Å². The first-order valence-electron chi connectivity index (χ1n) is 15.9. The highest BCUT2D eigenvalue weighted by Crippen LogP contribution is 2.48. The van der Waals surface area contributed by atoms with E-state index in [1.165, 1.54) is 38.2 Å². The number of aryl methyl sites for hydroxylation is 1. The molecule has 43 heavy (non-hydrogen) atoms. The van der Waals surface area contributed by atoms with Crippen LogP contribution < -0.4 is 10.6 Å². The Balaban J connectivity index is 1.08. The largest absolute Gasteiger partial charge is 0.351 e. The molecular formula is C37H39N3O3. The van der Waals surface area contributed by atoms with Gasteiger partial charge in [-0.15, -0.1) is 0 Å². The van der Waals surface area contributed by atoms with Crippen molar-refractivity contribution in [2.75, 3.05) is 11.9 Å². The van der Waals surface area contributed by atoms with Crippen molar-refractivity contribution in [2.24, 2.45) is 22.2 Å². The molecule has 6 nitrogen and oxygen atoms in total. The second-order valence-electron chi connectivity index (χ2n) is 13.3. The van der Waals surface area contributed by atoms with Crippen molar-refractivity contribution in [2.45, 2.75) is 70.8 Å². The predicted octanol–water partition coefficient (Wildman–Crippen LogP) is 6.70. The zero-order valence-corrected chi connectivity index (χ0v) is 24.9. The Kier molecular flexibility index (Phi) is 7.03. The lowest BCUT2D eigenvalue weighted by Crippen LogP contribution is -2.39. The molecule has 0 aromatic heterocycles. The van der Waals surface area contributed by atoms with Crippen molar-refractivity contribution in [1.82, 2.24) is 5.32 Å². The van der Waals surface area contributed by atoms with E-state index in [1.807, 2.05) is 36.4 Å². The first kappa shape index (κ1) is 27.8. The Morgan fingerprint density at radius 1 is 1.09 bits per heavy atom. The third-order valence-corrected chi connectivity index (χ3v) is 10.4. The molecule has 0 radical (unpaired) electrons. The lowest BCUT2D eigenvalue weighted by Gasteiger charge is -2.39. The van der Waals surface area contributed by atoms with Gasteiger partial charge in [0.25, 0.3) is 5.91 Å². The number of aliphatic imine (C=N–C) groups is 1. The first-order valence-corrected chi connectivity index (χ1v) is 15.9. The summed E-state index contributed by atoms with van der Waals surface area (Å²) < 4.78 is 0. The predicted molar refractivity (Wildman–Crippen MR) is 171 cm³/mol. The van der Waals surface area contributed by atoms with Gasteiger partial charge in [0.05, 0.1) is 5.71 Å². The highest BCUT2D eigenvalue weighted by Gasteiger charge is 2.41. The summed E-state index contributed by atoms with van der Waals surface area (Å²) in [4.78, 5) is 43.4. The van der Waals surface area contributed by atoms with Crippen LogP contribution in [0.2, 0.25) is 0 Å². The molecule has 220 valence electrons. The summed E-state index contributed by atoms with van der Waals surface area (Å²) in [5.74, 6) is 1.23. The third-order valence-electron chi connectivity index (χ3n) is 10.4. The fraction of sp³-hybridized carbons (Fsp3) is 0.405. The van der Waals surface area contributed by atoms with Crippen LogP contribution in [0.5, 0.6) is 0 Å². The van der Waals surface area contributed by atoms with Gasteiger partial charge in [0, 0.05) is 34.3 Å². The normalized spacial score (nSPS) is 24.7. The molecule has 1 atom stereocenters. The number of anilines is 1. The number of rotatable bonds is 8. The van der Waals surface area contributed by atoms with E-state index < -0.39 is 6.04 Å². The molecule has 7 rings (SSSR count). The van der Waals surface area contributed by atoms with E-state index in [1.54, 1.807) is 0 Å². The summed E-state index contributed by atoms with van der Waals surface area (Å²) in [6.45, 7) is 6.63. The van der Waals surface area contributed by atoms with E-state index in [0.29, 0.717) is 17.7 Å². The molecule has 2 saturated carbocycles. The number of carbonyl (C=O) groups excluding carboxylic acids is 3. The highest BCUT2D eigenvalue weighted by molar-refractivity contribution is 6.30. The maximum Gasteiger partial charge on any atom is 0.251 e. The Morgan fingerprint density at radius 2 is 1.91 bits per heavy atom. The van der Waals surface area contributed by atoms with Gasteiger partial charge < -0.3 is 10.6 Å². The molecule has 2 fully saturated rings. The number of fused-ring (bicyclic) bond motifs is 3. The number of ketones is 1. The van der Waals surface area contributed by atoms with Crippen molar-refractivity contribution in [3.8, 4) is 0 Å². The fourth-order valence-corrected chi connectivity index (χ4v) is 7.36. The van der Waals surface area contributed by atoms with Crippen molar-refractivity contribution in [1.29, 1.82) is 0 Å². The van der Waals surface area contributed by atoms with E-state index in [0.717, 1.165) is 76.7 Å². The van der Waals surface area contributed by atoms with E-state index >= 15 is 0 Å². The summed E-state index contributed by atoms with van der Waals surface area (Å²) in [6.07, 6.45) is 16.0. The van der Waals surface area contributed by atoms with Gasteiger partial charge in [0.1, 0.15) is 0 Å². The van der Waals surface area contributed by atoms with E-state index in [9.17, 15) is 14.4 Å². The number of nitrogens with zero attached hydrogens (tertiary/aromatic N) is 1. The second kappa shape index (κ2) is 10.9. The van der Waals surface area contributed by atoms with Crippen LogP contribution in [0.4, 0.5) is 5.69 Å². The van der Waals surface area contributed by atoms with Crippen LogP contribution in [0.15, 0.2) is 65.7 Å². The van der Waals surface area contributed by atoms with Crippen LogP contribution in [-0.4, -0.2) is 35.9 Å². The summed E-state index contributed by atoms with van der Waals surface area (Å²) in [5.41, 5.74) is 7.68. The molecule has 2 N–H and O–H groups in total. The zero-order chi connectivity index (χ0) is 29.7. The average Bonchev–Trinajstić information content (AvgIpc) is 3.75. The van der Waals surface area contributed by atoms with Crippen LogP contribution in [0, 0.1) is 17.3 Å². The lowest BCUT2D eigenvalue weighted by molar-refractivity contribution is -0.117. The summed E-state index contributed by atoms with van der Waals surface area (Å²) in [5, 5.41) is 6.10. The summed E-state index contributed by atoms with van der Waals surface area (Å²) in [6, 6.07) is 11.3. The van der Waals surface area contributed by atoms with E-state index in [4.69, 9.17) is 0 Å². The number of nitrogens with one attached hydrogen (secondary N) is 2. The van der Waals surface area contributed by atoms with Gasteiger partial charge >= 0.3 is 0 Å². The molecular weight excluding hydrogens is 534 g/mol. The number of benzene rings is 2. The van der Waals surface area contributed by atoms with Gasteiger partial charge in [-0.2, -0.15) is 0 Å². The number of hydrogen-bond donors (Lipinski definition) is 2. The molecule has 2 aliphatic heterocycles. The standard InChI is InChI=1S/C37H39N3O3/c1-3-32(41)39-31-19-26(13-11-24(31)10-9-23-7-5-22(2)6-8-23)33-34(40-33)35(42)27-14-12-25-17-29-30(28(25)18-27)20-37(15-4-16-37)21-38-36(29)43/h3,11-14,17-20,22-23,34H,1,4-10,15-16,21H2,2H3,(H,38,43)(H,39,41). The lowest BCUT2D eigenvalue weighted by atomic mass is 9.68. The van der Waals surface area contributed by atoms with Gasteiger partial charge in [-0.1, -0.05) is 75.9 Å². The summed E-state index contributed by atoms with van der Waals surface area (Å²) in [7, 11) is 0. The minimum Gasteiger partial charge on any atom is -0.351 e. The number of hydrogen-bond acceptors (Lipinski definition) is 4. The molecule has 1 unspecified atom stereocenters. The van der Waals surface area contributed by atoms with Crippen LogP contribution in [0.25, 0.3) is 11.6 Å². The van der Waals surface area contributed by atoms with E-state index in [-0.39, 0.29) is 23.0 Å². The minimum atomic E-state index is -0.533. The molecule has 2 aromatic carbocycles. The zero-order valence-electron chi connectivity index (χ0n) is 24.9. The monoisotopic (exact) mass is 573 g/mol. The number of Topliss-reactive ketones (excluding diaryl/α,β-unsaturated/α-hetero) is 1. The smallest absolute Gasteiger partial charge is 0.251 e. The number of carbonyl (C=O) groups is 3. The van der Waals surface area contributed by atoms with Crippen molar-refractivity contribution < 1.29 is 14.4 Å². The Morgan fingerprint density at radius 3 is 2.65 bits per heavy atom. The Bertz CT molecular complexity index is 1630. The molecule has 2 heterocycles. The van der Waals surface area contributed by atoms with Crippen LogP contribution in [-0.2, 0) is 16.0 Å². The maximum absolute atomic E-state index is 13.6. The van der Waals surface area contributed by atoms with Gasteiger partial charge in [0.15, 0.2) is 11.8 Å². The second-order valence-corrected chi connectivity index (χ2v) is 13.3. The van der Waals surface area contributed by atoms with E-state index in [2.05, 4.69) is 41.3 Å². The molecule has 3 aliphatic carbocycles. The quantitative estimate of drug-likeness (QED) is 0.272. The van der Waals surface area contributed by atoms with Crippen molar-refractivity contribution in [3.63, 3.8) is 0 Å². The van der Waals surface area contributed by atoms with Crippen LogP contribution in [0.3, 0.4) is 0 Å². The molecule has 2 aromatic rings. The minimum absolute atomic E-state index is 0.0227. The molecule has 0 bridgehead atoms. The fourth-order valence-electron chi connectivity index (χ4n) is 7.36. The SMILES string of the molecule is C=CC(=O)Nc1cc(C2=NC2C(=O)c2ccc3c(c2)C2=CC4(CCC4)CNC(=O)C2=C3)ccc1CCC1CCC(C)CC1. The van der Waals surface area contributed by atoms with Crippen molar-refractivity contribution >= 4 is 40.6 Å². The maximum atomic E-state index is 13.6. The van der Waals surface area contributed by atoms with Gasteiger partial charge in [0.2, 0.25) is 5.91 Å². The van der Waals surface area contributed by atoms with Gasteiger partial charge in [-0.05, 0) is 84.1 Å². The third kappa shape index (κ3) is 5.32. The molecule has 6 heteroatoms. The van der Waals surface area contributed by atoms with Crippen molar-refractivity contribution in [3.05, 3.63) is 88.5 Å². The molecule has 2 amide bonds. The average molecular weight is 574 g/mol. The van der Waals surface area contributed by atoms with Crippen LogP contribution in [0.1, 0.15) is 90.9 Å². The summed E-state index contributed by atoms with van der Waals surface area (Å²) >= 11 is 0. The van der Waals surface area contributed by atoms with Crippen LogP contribution >= 0.6 is 0 Å². The van der Waals surface area contributed by atoms with Gasteiger partial charge in [-0.25, -0.2) is 0 Å². The number of amides is 2. The molecule has 5 aliphatic rings.